The van der Waals surface area contributed by atoms with Gasteiger partial charge in [-0.25, -0.2) is 4.98 Å². The summed E-state index contributed by atoms with van der Waals surface area (Å²) in [5.74, 6) is 1.31. The number of hydrogen-bond donors (Lipinski definition) is 1. The van der Waals surface area contributed by atoms with Crippen molar-refractivity contribution < 1.29 is 0 Å². The molecule has 2 atom stereocenters. The molecule has 0 bridgehead atoms. The maximum Gasteiger partial charge on any atom is 0.0948 e. The molecule has 0 spiro atoms. The van der Waals surface area contributed by atoms with Crippen LogP contribution in [0.5, 0.6) is 0 Å². The summed E-state index contributed by atoms with van der Waals surface area (Å²) in [6.45, 7) is 12.6. The lowest BCUT2D eigenvalue weighted by Crippen LogP contribution is -2.23. The van der Waals surface area contributed by atoms with Gasteiger partial charge in [0.05, 0.1) is 6.33 Å². The van der Waals surface area contributed by atoms with Gasteiger partial charge in [0.25, 0.3) is 0 Å². The van der Waals surface area contributed by atoms with E-state index in [1.54, 1.807) is 0 Å². The minimum Gasteiger partial charge on any atom is -0.334 e. The highest BCUT2D eigenvalue weighted by Gasteiger charge is 2.24. The van der Waals surface area contributed by atoms with Crippen LogP contribution in [0.3, 0.4) is 0 Å². The Morgan fingerprint density at radius 3 is 2.88 bits per heavy atom. The van der Waals surface area contributed by atoms with Crippen LogP contribution in [0, 0.1) is 11.3 Å². The topological polar surface area (TPSA) is 29.9 Å². The molecule has 17 heavy (non-hydrogen) atoms. The first-order chi connectivity index (χ1) is 7.98. The Kier molecular flexibility index (Phi) is 3.57. The summed E-state index contributed by atoms with van der Waals surface area (Å²) in [6, 6.07) is 0. The van der Waals surface area contributed by atoms with Crippen LogP contribution in [0.25, 0.3) is 0 Å². The van der Waals surface area contributed by atoms with Gasteiger partial charge >= 0.3 is 0 Å². The highest BCUT2D eigenvalue weighted by molar-refractivity contribution is 5.09. The molecule has 1 aliphatic heterocycles. The Labute approximate surface area is 105 Å². The summed E-state index contributed by atoms with van der Waals surface area (Å²) >= 11 is 0. The van der Waals surface area contributed by atoms with Gasteiger partial charge in [0.2, 0.25) is 0 Å². The van der Waals surface area contributed by atoms with E-state index in [4.69, 9.17) is 0 Å². The Morgan fingerprint density at radius 1 is 1.53 bits per heavy atom. The zero-order chi connectivity index (χ0) is 12.5. The van der Waals surface area contributed by atoms with Crippen LogP contribution in [0.2, 0.25) is 0 Å². The van der Waals surface area contributed by atoms with E-state index >= 15 is 0 Å². The van der Waals surface area contributed by atoms with Crippen molar-refractivity contribution in [2.75, 3.05) is 13.1 Å². The van der Waals surface area contributed by atoms with Crippen molar-refractivity contribution in [1.29, 1.82) is 0 Å². The Morgan fingerprint density at radius 2 is 2.29 bits per heavy atom. The molecule has 1 aromatic heterocycles. The van der Waals surface area contributed by atoms with Gasteiger partial charge in [0.15, 0.2) is 0 Å². The number of nitrogens with one attached hydrogen (secondary N) is 1. The zero-order valence-corrected chi connectivity index (χ0v) is 11.5. The van der Waals surface area contributed by atoms with Gasteiger partial charge in [-0.05, 0) is 24.3 Å². The molecule has 0 aliphatic carbocycles. The number of nitrogens with zero attached hydrogens (tertiary/aromatic N) is 2. The maximum atomic E-state index is 4.34. The van der Waals surface area contributed by atoms with Crippen molar-refractivity contribution in [1.82, 2.24) is 14.9 Å². The fraction of sp³-hybridized carbons (Fsp3) is 0.786. The summed E-state index contributed by atoms with van der Waals surface area (Å²) in [5.41, 5.74) is 1.77. The normalized spacial score (nSPS) is 22.9. The highest BCUT2D eigenvalue weighted by atomic mass is 15.1. The summed E-state index contributed by atoms with van der Waals surface area (Å²) < 4.78 is 2.35. The van der Waals surface area contributed by atoms with E-state index in [0.717, 1.165) is 19.6 Å². The van der Waals surface area contributed by atoms with E-state index < -0.39 is 0 Å². The molecule has 1 saturated heterocycles. The van der Waals surface area contributed by atoms with E-state index in [0.29, 0.717) is 17.3 Å². The van der Waals surface area contributed by atoms with Crippen LogP contribution >= 0.6 is 0 Å². The van der Waals surface area contributed by atoms with Crippen molar-refractivity contribution in [3.05, 3.63) is 18.2 Å². The van der Waals surface area contributed by atoms with Crippen molar-refractivity contribution in [3.63, 3.8) is 0 Å². The summed E-state index contributed by atoms with van der Waals surface area (Å²) in [5, 5.41) is 3.43. The SMILES string of the molecule is CC(Cn1cncc1C1CCNC1)C(C)(C)C. The van der Waals surface area contributed by atoms with Crippen molar-refractivity contribution in [3.8, 4) is 0 Å². The minimum atomic E-state index is 0.357. The first kappa shape index (κ1) is 12.6. The Hall–Kier alpha value is -0.830. The lowest BCUT2D eigenvalue weighted by Gasteiger charge is -2.28. The molecule has 96 valence electrons. The molecule has 1 aromatic rings. The van der Waals surface area contributed by atoms with Crippen LogP contribution in [-0.2, 0) is 6.54 Å². The smallest absolute Gasteiger partial charge is 0.0948 e. The lowest BCUT2D eigenvalue weighted by molar-refractivity contribution is 0.230. The molecule has 0 radical (unpaired) electrons. The van der Waals surface area contributed by atoms with Gasteiger partial charge in [-0.15, -0.1) is 0 Å². The van der Waals surface area contributed by atoms with Crippen LogP contribution < -0.4 is 5.32 Å². The average Bonchev–Trinajstić information content (AvgIpc) is 2.83. The monoisotopic (exact) mass is 235 g/mol. The molecule has 0 amide bonds. The Bertz CT molecular complexity index is 356. The fourth-order valence-corrected chi connectivity index (χ4v) is 2.30. The largest absolute Gasteiger partial charge is 0.334 e. The molecule has 2 unspecified atom stereocenters. The second-order valence-electron chi connectivity index (χ2n) is 6.43. The fourth-order valence-electron chi connectivity index (χ4n) is 2.30. The van der Waals surface area contributed by atoms with Crippen molar-refractivity contribution in [2.45, 2.75) is 46.6 Å². The first-order valence-electron chi connectivity index (χ1n) is 6.69. The highest BCUT2D eigenvalue weighted by Crippen LogP contribution is 2.29. The third-order valence-corrected chi connectivity index (χ3v) is 4.17. The number of hydrogen-bond acceptors (Lipinski definition) is 2. The number of imidazole rings is 1. The Balaban J connectivity index is 2.08. The van der Waals surface area contributed by atoms with Crippen LogP contribution in [0.1, 0.15) is 45.7 Å². The molecule has 1 N–H and O–H groups in total. The van der Waals surface area contributed by atoms with Gasteiger partial charge in [-0.1, -0.05) is 27.7 Å². The third kappa shape index (κ3) is 2.89. The van der Waals surface area contributed by atoms with E-state index in [1.165, 1.54) is 12.1 Å². The van der Waals surface area contributed by atoms with Crippen molar-refractivity contribution >= 4 is 0 Å². The molecule has 3 heteroatoms. The quantitative estimate of drug-likeness (QED) is 0.873. The van der Waals surface area contributed by atoms with E-state index in [9.17, 15) is 0 Å². The standard InChI is InChI=1S/C14H25N3/c1-11(14(2,3)4)9-17-10-16-8-13(17)12-5-6-15-7-12/h8,10-12,15H,5-7,9H2,1-4H3. The van der Waals surface area contributed by atoms with Gasteiger partial charge in [0, 0.05) is 30.9 Å². The second-order valence-corrected chi connectivity index (χ2v) is 6.43. The maximum absolute atomic E-state index is 4.34. The molecule has 3 nitrogen and oxygen atoms in total. The van der Waals surface area contributed by atoms with Crippen LogP contribution in [0.4, 0.5) is 0 Å². The van der Waals surface area contributed by atoms with Gasteiger partial charge in [0.1, 0.15) is 0 Å². The summed E-state index contributed by atoms with van der Waals surface area (Å²) in [4.78, 5) is 4.34. The number of aromatic nitrogens is 2. The molecule has 1 aliphatic rings. The van der Waals surface area contributed by atoms with E-state index in [2.05, 4.69) is 42.6 Å². The van der Waals surface area contributed by atoms with E-state index in [-0.39, 0.29) is 0 Å². The molecule has 1 fully saturated rings. The van der Waals surface area contributed by atoms with Crippen LogP contribution in [-0.4, -0.2) is 22.6 Å². The van der Waals surface area contributed by atoms with E-state index in [1.807, 2.05) is 12.5 Å². The zero-order valence-electron chi connectivity index (χ0n) is 11.5. The van der Waals surface area contributed by atoms with Gasteiger partial charge < -0.3 is 9.88 Å². The first-order valence-corrected chi connectivity index (χ1v) is 6.69. The summed E-state index contributed by atoms with van der Waals surface area (Å²) in [6.07, 6.45) is 5.29. The molecule has 0 saturated carbocycles. The molecular weight excluding hydrogens is 210 g/mol. The second kappa shape index (κ2) is 4.81. The van der Waals surface area contributed by atoms with Gasteiger partial charge in [-0.3, -0.25) is 0 Å². The predicted octanol–water partition coefficient (Wildman–Crippen LogP) is 2.64. The third-order valence-electron chi connectivity index (χ3n) is 4.17. The molecule has 2 heterocycles. The minimum absolute atomic E-state index is 0.357. The van der Waals surface area contributed by atoms with Crippen LogP contribution in [0.15, 0.2) is 12.5 Å². The molecular formula is C14H25N3. The average molecular weight is 235 g/mol. The number of rotatable bonds is 3. The summed E-state index contributed by atoms with van der Waals surface area (Å²) in [7, 11) is 0. The predicted molar refractivity (Wildman–Crippen MR) is 71.1 cm³/mol. The molecule has 0 aromatic carbocycles. The van der Waals surface area contributed by atoms with Crippen molar-refractivity contribution in [2.24, 2.45) is 11.3 Å². The van der Waals surface area contributed by atoms with Gasteiger partial charge in [-0.2, -0.15) is 0 Å². The lowest BCUT2D eigenvalue weighted by atomic mass is 9.82. The molecule has 2 rings (SSSR count).